The molecule has 0 spiro atoms. The molecule has 1 atom stereocenters. The van der Waals surface area contributed by atoms with Crippen molar-refractivity contribution in [3.8, 4) is 0 Å². The van der Waals surface area contributed by atoms with Gasteiger partial charge in [-0.25, -0.2) is 4.79 Å². The molecule has 2 aromatic carbocycles. The second kappa shape index (κ2) is 8.80. The average molecular weight is 354 g/mol. The molecule has 0 aliphatic rings. The Kier molecular flexibility index (Phi) is 6.49. The van der Waals surface area contributed by atoms with Crippen LogP contribution in [0.1, 0.15) is 35.3 Å². The van der Waals surface area contributed by atoms with Crippen LogP contribution in [0, 0.1) is 6.92 Å². The molecular weight excluding hydrogens is 332 g/mol. The first-order valence-electron chi connectivity index (χ1n) is 8.27. The molecule has 0 radical (unpaired) electrons. The minimum atomic E-state index is -0.933. The molecule has 0 aliphatic carbocycles. The van der Waals surface area contributed by atoms with E-state index >= 15 is 0 Å². The van der Waals surface area contributed by atoms with E-state index in [2.05, 4.69) is 10.6 Å². The van der Waals surface area contributed by atoms with E-state index < -0.39 is 12.1 Å². The monoisotopic (exact) mass is 354 g/mol. The van der Waals surface area contributed by atoms with Gasteiger partial charge < -0.3 is 15.4 Å². The fourth-order valence-corrected chi connectivity index (χ4v) is 2.25. The highest BCUT2D eigenvalue weighted by atomic mass is 16.5. The van der Waals surface area contributed by atoms with E-state index in [9.17, 15) is 14.4 Å². The highest BCUT2D eigenvalue weighted by molar-refractivity contribution is 5.95. The van der Waals surface area contributed by atoms with Crippen molar-refractivity contribution in [1.29, 1.82) is 0 Å². The maximum atomic E-state index is 12.2. The Labute approximate surface area is 152 Å². The van der Waals surface area contributed by atoms with E-state index in [4.69, 9.17) is 4.74 Å². The van der Waals surface area contributed by atoms with Gasteiger partial charge in [-0.3, -0.25) is 9.59 Å². The molecule has 0 bridgehead atoms. The van der Waals surface area contributed by atoms with Crippen LogP contribution >= 0.6 is 0 Å². The zero-order valence-corrected chi connectivity index (χ0v) is 15.0. The van der Waals surface area contributed by atoms with E-state index in [-0.39, 0.29) is 17.4 Å². The Balaban J connectivity index is 1.90. The number of carbonyl (C=O) groups excluding carboxylic acids is 3. The molecule has 0 saturated heterocycles. The Morgan fingerprint density at radius 1 is 1.08 bits per heavy atom. The Morgan fingerprint density at radius 3 is 2.42 bits per heavy atom. The van der Waals surface area contributed by atoms with Gasteiger partial charge in [-0.2, -0.15) is 0 Å². The summed E-state index contributed by atoms with van der Waals surface area (Å²) in [5, 5.41) is 5.33. The number of ether oxygens (including phenoxy) is 1. The minimum absolute atomic E-state index is 0.237. The van der Waals surface area contributed by atoms with E-state index in [1.807, 2.05) is 31.2 Å². The van der Waals surface area contributed by atoms with Crippen LogP contribution in [-0.2, 0) is 20.9 Å². The first kappa shape index (κ1) is 19.2. The highest BCUT2D eigenvalue weighted by Gasteiger charge is 2.19. The summed E-state index contributed by atoms with van der Waals surface area (Å²) in [6.07, 6.45) is -0.933. The summed E-state index contributed by atoms with van der Waals surface area (Å²) in [4.78, 5) is 35.4. The van der Waals surface area contributed by atoms with E-state index in [1.54, 1.807) is 18.2 Å². The van der Waals surface area contributed by atoms with Crippen LogP contribution in [0.4, 0.5) is 5.69 Å². The van der Waals surface area contributed by atoms with Crippen molar-refractivity contribution >= 4 is 23.5 Å². The largest absolute Gasteiger partial charge is 0.449 e. The number of hydrogen-bond acceptors (Lipinski definition) is 4. The van der Waals surface area contributed by atoms with Crippen molar-refractivity contribution in [3.63, 3.8) is 0 Å². The second-order valence-corrected chi connectivity index (χ2v) is 6.01. The predicted molar refractivity (Wildman–Crippen MR) is 98.6 cm³/mol. The first-order valence-corrected chi connectivity index (χ1v) is 8.27. The van der Waals surface area contributed by atoms with E-state index in [0.29, 0.717) is 12.2 Å². The third-order valence-corrected chi connectivity index (χ3v) is 3.66. The van der Waals surface area contributed by atoms with Crippen LogP contribution < -0.4 is 10.6 Å². The lowest BCUT2D eigenvalue weighted by Crippen LogP contribution is -2.35. The Bertz CT molecular complexity index is 800. The number of benzene rings is 2. The lowest BCUT2D eigenvalue weighted by molar-refractivity contribution is -0.129. The van der Waals surface area contributed by atoms with Gasteiger partial charge >= 0.3 is 5.97 Å². The molecule has 26 heavy (non-hydrogen) atoms. The summed E-state index contributed by atoms with van der Waals surface area (Å²) < 4.78 is 5.20. The molecule has 136 valence electrons. The second-order valence-electron chi connectivity index (χ2n) is 6.01. The number of aryl methyl sites for hydroxylation is 1. The Hall–Kier alpha value is -3.15. The summed E-state index contributed by atoms with van der Waals surface area (Å²) in [6, 6.07) is 14.1. The Morgan fingerprint density at radius 2 is 1.77 bits per heavy atom. The molecule has 6 nitrogen and oxygen atoms in total. The lowest BCUT2D eigenvalue weighted by Gasteiger charge is -2.14. The van der Waals surface area contributed by atoms with Crippen LogP contribution in [0.3, 0.4) is 0 Å². The van der Waals surface area contributed by atoms with E-state index in [1.165, 1.54) is 19.9 Å². The van der Waals surface area contributed by atoms with Gasteiger partial charge in [-0.15, -0.1) is 0 Å². The van der Waals surface area contributed by atoms with Crippen LogP contribution in [0.5, 0.6) is 0 Å². The average Bonchev–Trinajstić information content (AvgIpc) is 2.60. The third-order valence-electron chi connectivity index (χ3n) is 3.66. The van der Waals surface area contributed by atoms with Crippen LogP contribution in [0.25, 0.3) is 0 Å². The summed E-state index contributed by atoms with van der Waals surface area (Å²) in [5.74, 6) is -1.24. The van der Waals surface area contributed by atoms with Gasteiger partial charge in [0.15, 0.2) is 6.10 Å². The van der Waals surface area contributed by atoms with Crippen molar-refractivity contribution in [1.82, 2.24) is 5.32 Å². The zero-order valence-electron chi connectivity index (χ0n) is 15.0. The molecule has 0 aromatic heterocycles. The smallest absolute Gasteiger partial charge is 0.338 e. The fraction of sp³-hybridized carbons (Fsp3) is 0.250. The van der Waals surface area contributed by atoms with Crippen molar-refractivity contribution in [2.75, 3.05) is 5.32 Å². The molecule has 2 aromatic rings. The normalized spacial score (nSPS) is 11.3. The van der Waals surface area contributed by atoms with E-state index in [0.717, 1.165) is 11.1 Å². The molecule has 0 heterocycles. The number of rotatable bonds is 6. The van der Waals surface area contributed by atoms with Gasteiger partial charge in [0.25, 0.3) is 5.91 Å². The van der Waals surface area contributed by atoms with Crippen molar-refractivity contribution in [2.45, 2.75) is 33.4 Å². The summed E-state index contributed by atoms with van der Waals surface area (Å²) in [7, 11) is 0. The maximum Gasteiger partial charge on any atom is 0.338 e. The molecule has 2 rings (SSSR count). The number of esters is 1. The number of carbonyl (C=O) groups is 3. The van der Waals surface area contributed by atoms with Crippen LogP contribution in [-0.4, -0.2) is 23.9 Å². The molecule has 0 fully saturated rings. The first-order chi connectivity index (χ1) is 12.3. The molecule has 0 unspecified atom stereocenters. The van der Waals surface area contributed by atoms with Crippen molar-refractivity contribution in [3.05, 3.63) is 65.2 Å². The maximum absolute atomic E-state index is 12.2. The number of amides is 2. The van der Waals surface area contributed by atoms with Crippen LogP contribution in [0.15, 0.2) is 48.5 Å². The van der Waals surface area contributed by atoms with Gasteiger partial charge in [-0.05, 0) is 37.6 Å². The summed E-state index contributed by atoms with van der Waals surface area (Å²) in [6.45, 7) is 5.25. The summed E-state index contributed by atoms with van der Waals surface area (Å²) in [5.41, 5.74) is 2.85. The quantitative estimate of drug-likeness (QED) is 0.781. The molecule has 2 amide bonds. The molecule has 2 N–H and O–H groups in total. The SMILES string of the molecule is CC(=O)Nc1cccc(C(=O)O[C@H](C)C(=O)NCc2ccc(C)cc2)c1. The molecular formula is C20H22N2O4. The number of anilines is 1. The van der Waals surface area contributed by atoms with Gasteiger partial charge in [0.2, 0.25) is 5.91 Å². The van der Waals surface area contributed by atoms with Gasteiger partial charge in [0.1, 0.15) is 0 Å². The number of nitrogens with one attached hydrogen (secondary N) is 2. The fourth-order valence-electron chi connectivity index (χ4n) is 2.25. The standard InChI is InChI=1S/C20H22N2O4/c1-13-7-9-16(10-8-13)12-21-19(24)14(2)26-20(25)17-5-4-6-18(11-17)22-15(3)23/h4-11,14H,12H2,1-3H3,(H,21,24)(H,22,23)/t14-/m1/s1. The molecule has 6 heteroatoms. The van der Waals surface area contributed by atoms with Crippen molar-refractivity contribution in [2.24, 2.45) is 0 Å². The lowest BCUT2D eigenvalue weighted by atomic mass is 10.1. The van der Waals surface area contributed by atoms with Gasteiger partial charge in [0.05, 0.1) is 5.56 Å². The minimum Gasteiger partial charge on any atom is -0.449 e. The number of hydrogen-bond donors (Lipinski definition) is 2. The molecule has 0 saturated carbocycles. The zero-order chi connectivity index (χ0) is 19.1. The third kappa shape index (κ3) is 5.73. The van der Waals surface area contributed by atoms with Crippen molar-refractivity contribution < 1.29 is 19.1 Å². The molecule has 0 aliphatic heterocycles. The summed E-state index contributed by atoms with van der Waals surface area (Å²) >= 11 is 0. The van der Waals surface area contributed by atoms with Crippen LogP contribution in [0.2, 0.25) is 0 Å². The predicted octanol–water partition coefficient (Wildman–Crippen LogP) is 2.82. The topological polar surface area (TPSA) is 84.5 Å². The van der Waals surface area contributed by atoms with Gasteiger partial charge in [-0.1, -0.05) is 35.9 Å². The van der Waals surface area contributed by atoms with Gasteiger partial charge in [0, 0.05) is 19.2 Å². The highest BCUT2D eigenvalue weighted by Crippen LogP contribution is 2.12.